The normalized spacial score (nSPS) is 12.3. The van der Waals surface area contributed by atoms with E-state index in [4.69, 9.17) is 74.3 Å². The van der Waals surface area contributed by atoms with Crippen LogP contribution in [0.15, 0.2) is 72.8 Å². The van der Waals surface area contributed by atoms with Gasteiger partial charge in [0.25, 0.3) is 0 Å². The van der Waals surface area contributed by atoms with E-state index < -0.39 is 13.6 Å². The monoisotopic (exact) mass is 626 g/mol. The molecule has 0 aliphatic carbocycles. The zero-order chi connectivity index (χ0) is 27.1. The van der Waals surface area contributed by atoms with Gasteiger partial charge in [-0.1, -0.05) is 130 Å². The van der Waals surface area contributed by atoms with E-state index in [2.05, 4.69) is 15.0 Å². The molecule has 0 aliphatic rings. The van der Waals surface area contributed by atoms with Gasteiger partial charge in [0.05, 0.1) is 5.52 Å². The Bertz CT molecular complexity index is 1610. The van der Waals surface area contributed by atoms with Crippen LogP contribution in [0.4, 0.5) is 0 Å². The van der Waals surface area contributed by atoms with Crippen molar-refractivity contribution in [2.24, 2.45) is 0 Å². The molecular formula is C26H16Cl6N4O2. The molecule has 0 saturated heterocycles. The third kappa shape index (κ3) is 5.67. The number of aromatic nitrogens is 4. The number of esters is 1. The second-order valence-electron chi connectivity index (χ2n) is 8.25. The van der Waals surface area contributed by atoms with Crippen molar-refractivity contribution in [3.63, 3.8) is 0 Å². The quantitative estimate of drug-likeness (QED) is 0.146. The minimum absolute atomic E-state index is 0.0758. The molecule has 5 aromatic rings. The van der Waals surface area contributed by atoms with Gasteiger partial charge in [0.15, 0.2) is 17.5 Å². The summed E-state index contributed by atoms with van der Waals surface area (Å²) in [7, 11) is 0. The number of alkyl halides is 6. The van der Waals surface area contributed by atoms with E-state index in [1.165, 1.54) is 0 Å². The molecule has 0 unspecified atom stereocenters. The Labute approximate surface area is 247 Å². The Balaban J connectivity index is 1.67. The number of nitrogens with zero attached hydrogens (tertiary/aromatic N) is 4. The Kier molecular flexibility index (Phi) is 7.66. The smallest absolute Gasteiger partial charge is 0.326 e. The van der Waals surface area contributed by atoms with Crippen molar-refractivity contribution in [3.05, 3.63) is 90.0 Å². The largest absolute Gasteiger partial charge is 0.459 e. The fourth-order valence-corrected chi connectivity index (χ4v) is 4.62. The topological polar surface area (TPSA) is 69.9 Å². The summed E-state index contributed by atoms with van der Waals surface area (Å²) in [5, 5.41) is 1.76. The highest BCUT2D eigenvalue weighted by Gasteiger charge is 2.34. The Hall–Kier alpha value is -2.32. The lowest BCUT2D eigenvalue weighted by atomic mass is 10.1. The first-order valence-electron chi connectivity index (χ1n) is 11.1. The van der Waals surface area contributed by atoms with E-state index >= 15 is 0 Å². The van der Waals surface area contributed by atoms with Crippen LogP contribution in [-0.4, -0.2) is 25.5 Å². The third-order valence-electron chi connectivity index (χ3n) is 5.70. The maximum absolute atomic E-state index is 13.0. The lowest BCUT2D eigenvalue weighted by molar-refractivity contribution is -0.145. The van der Waals surface area contributed by atoms with Crippen molar-refractivity contribution in [1.29, 1.82) is 0 Å². The van der Waals surface area contributed by atoms with Crippen LogP contribution in [0.1, 0.15) is 17.2 Å². The summed E-state index contributed by atoms with van der Waals surface area (Å²) in [5.74, 6) is -0.743. The molecule has 0 N–H and O–H groups in total. The highest BCUT2D eigenvalue weighted by atomic mass is 35.6. The Morgan fingerprint density at radius 3 is 2.00 bits per heavy atom. The molecule has 0 spiro atoms. The Morgan fingerprint density at radius 1 is 0.737 bits per heavy atom. The molecule has 38 heavy (non-hydrogen) atoms. The van der Waals surface area contributed by atoms with Crippen LogP contribution in [-0.2, 0) is 30.3 Å². The van der Waals surface area contributed by atoms with E-state index in [9.17, 15) is 4.79 Å². The summed E-state index contributed by atoms with van der Waals surface area (Å²) >= 11 is 36.5. The number of ether oxygens (including phenoxy) is 1. The number of fused-ring (bicyclic) bond motifs is 3. The number of halogens is 6. The summed E-state index contributed by atoms with van der Waals surface area (Å²) in [5.41, 5.74) is 2.86. The first kappa shape index (κ1) is 27.3. The second-order valence-corrected chi connectivity index (χ2v) is 12.8. The maximum Gasteiger partial charge on any atom is 0.326 e. The average Bonchev–Trinajstić information content (AvgIpc) is 3.20. The molecule has 0 saturated carbocycles. The lowest BCUT2D eigenvalue weighted by Gasteiger charge is -2.16. The molecule has 0 fully saturated rings. The number of carbonyl (C=O) groups excluding carboxylic acids is 1. The first-order chi connectivity index (χ1) is 18.0. The van der Waals surface area contributed by atoms with Crippen molar-refractivity contribution in [1.82, 2.24) is 19.5 Å². The second kappa shape index (κ2) is 10.7. The van der Waals surface area contributed by atoms with Crippen molar-refractivity contribution in [2.75, 3.05) is 0 Å². The van der Waals surface area contributed by atoms with Gasteiger partial charge in [-0.3, -0.25) is 4.79 Å². The minimum Gasteiger partial charge on any atom is -0.459 e. The number of rotatable bonds is 5. The highest BCUT2D eigenvalue weighted by molar-refractivity contribution is 6.67. The summed E-state index contributed by atoms with van der Waals surface area (Å²) in [4.78, 5) is 25.8. The molecule has 0 bridgehead atoms. The van der Waals surface area contributed by atoms with E-state index in [1.807, 2.05) is 71.3 Å². The lowest BCUT2D eigenvalue weighted by Crippen LogP contribution is -2.17. The van der Waals surface area contributed by atoms with E-state index in [-0.39, 0.29) is 30.6 Å². The van der Waals surface area contributed by atoms with Crippen LogP contribution in [0, 0.1) is 0 Å². The number of benzene rings is 3. The van der Waals surface area contributed by atoms with Crippen molar-refractivity contribution < 1.29 is 9.53 Å². The molecule has 6 nitrogen and oxygen atoms in total. The number of hydrogen-bond acceptors (Lipinski definition) is 5. The van der Waals surface area contributed by atoms with Crippen LogP contribution in [0.3, 0.4) is 0 Å². The van der Waals surface area contributed by atoms with Gasteiger partial charge in [-0.2, -0.15) is 0 Å². The predicted molar refractivity (Wildman–Crippen MR) is 153 cm³/mol. The average molecular weight is 629 g/mol. The van der Waals surface area contributed by atoms with Crippen molar-refractivity contribution >= 4 is 97.4 Å². The van der Waals surface area contributed by atoms with E-state index in [0.717, 1.165) is 21.9 Å². The zero-order valence-electron chi connectivity index (χ0n) is 19.2. The van der Waals surface area contributed by atoms with Gasteiger partial charge in [-0.15, -0.1) is 0 Å². The third-order valence-corrected chi connectivity index (χ3v) is 6.72. The zero-order valence-corrected chi connectivity index (χ0v) is 23.8. The maximum atomic E-state index is 13.0. The van der Waals surface area contributed by atoms with Gasteiger partial charge in [0, 0.05) is 21.9 Å². The van der Waals surface area contributed by atoms with Gasteiger partial charge in [0.1, 0.15) is 13.2 Å². The van der Waals surface area contributed by atoms with E-state index in [1.54, 1.807) is 6.07 Å². The molecule has 2 heterocycles. The van der Waals surface area contributed by atoms with Crippen LogP contribution < -0.4 is 0 Å². The molecular weight excluding hydrogens is 613 g/mol. The van der Waals surface area contributed by atoms with Crippen LogP contribution in [0.5, 0.6) is 0 Å². The molecule has 5 rings (SSSR count). The molecule has 2 aromatic heterocycles. The van der Waals surface area contributed by atoms with Crippen LogP contribution in [0.2, 0.25) is 0 Å². The van der Waals surface area contributed by atoms with Crippen molar-refractivity contribution in [3.8, 4) is 11.4 Å². The standard InChI is InChI=1S/C26H16Cl6N4O2/c27-25(28,29)23-33-22(34-24(35-23)26(30,31)32)18-11-6-10-17-16-9-4-5-12-19(16)36(21(17)18)13-20(37)38-14-15-7-2-1-3-8-15/h1-12H,13-14H2. The summed E-state index contributed by atoms with van der Waals surface area (Å²) < 4.78 is 3.38. The molecule has 0 atom stereocenters. The molecule has 0 amide bonds. The number of carbonyl (C=O) groups is 1. The fourth-order valence-electron chi connectivity index (χ4n) is 4.12. The summed E-state index contributed by atoms with van der Waals surface area (Å²) in [6.45, 7) is 0.0733. The highest BCUT2D eigenvalue weighted by Crippen LogP contribution is 2.42. The van der Waals surface area contributed by atoms with Gasteiger partial charge >= 0.3 is 5.97 Å². The summed E-state index contributed by atoms with van der Waals surface area (Å²) in [6, 6.07) is 22.6. The van der Waals surface area contributed by atoms with Gasteiger partial charge in [-0.05, 0) is 17.7 Å². The predicted octanol–water partition coefficient (Wildman–Crippen LogP) is 8.04. The molecule has 3 aromatic carbocycles. The van der Waals surface area contributed by atoms with Gasteiger partial charge in [0.2, 0.25) is 7.59 Å². The van der Waals surface area contributed by atoms with Crippen molar-refractivity contribution in [2.45, 2.75) is 20.7 Å². The minimum atomic E-state index is -2.01. The van der Waals surface area contributed by atoms with E-state index in [0.29, 0.717) is 11.1 Å². The van der Waals surface area contributed by atoms with Gasteiger partial charge in [-0.25, -0.2) is 15.0 Å². The summed E-state index contributed by atoms with van der Waals surface area (Å²) in [6.07, 6.45) is 0. The number of para-hydroxylation sites is 2. The Morgan fingerprint density at radius 2 is 1.34 bits per heavy atom. The molecule has 12 heteroatoms. The SMILES string of the molecule is O=C(Cn1c2ccccc2c2cccc(-c3nc(C(Cl)(Cl)Cl)nc(C(Cl)(Cl)Cl)n3)c21)OCc1ccccc1. The van der Waals surface area contributed by atoms with Crippen LogP contribution >= 0.6 is 69.6 Å². The number of hydrogen-bond donors (Lipinski definition) is 0. The fraction of sp³-hybridized carbons (Fsp3) is 0.154. The van der Waals surface area contributed by atoms with Crippen LogP contribution in [0.25, 0.3) is 33.2 Å². The van der Waals surface area contributed by atoms with Gasteiger partial charge < -0.3 is 9.30 Å². The first-order valence-corrected chi connectivity index (χ1v) is 13.4. The molecule has 0 aliphatic heterocycles. The molecule has 0 radical (unpaired) electrons. The molecule has 194 valence electrons.